The fourth-order valence-electron chi connectivity index (χ4n) is 3.55. The third-order valence-corrected chi connectivity index (χ3v) is 4.94. The molecule has 0 aromatic heterocycles. The first-order valence-electron chi connectivity index (χ1n) is 8.85. The van der Waals surface area contributed by atoms with Crippen LogP contribution < -0.4 is 5.32 Å². The van der Waals surface area contributed by atoms with Crippen molar-refractivity contribution >= 4 is 23.2 Å². The van der Waals surface area contributed by atoms with Crippen LogP contribution in [0.15, 0.2) is 42.5 Å². The molecule has 3 nitrogen and oxygen atoms in total. The Morgan fingerprint density at radius 2 is 1.84 bits per heavy atom. The molecular formula is C21H25ClN2O. The highest BCUT2D eigenvalue weighted by Gasteiger charge is 2.25. The lowest BCUT2D eigenvalue weighted by Crippen LogP contribution is -2.40. The maximum Gasteiger partial charge on any atom is 0.228 e. The fourth-order valence-corrected chi connectivity index (χ4v) is 3.68. The van der Waals surface area contributed by atoms with Gasteiger partial charge in [0.05, 0.1) is 5.92 Å². The molecule has 0 spiro atoms. The van der Waals surface area contributed by atoms with Crippen LogP contribution >= 0.6 is 11.6 Å². The Bertz CT molecular complexity index is 722. The summed E-state index contributed by atoms with van der Waals surface area (Å²) >= 11 is 5.95. The van der Waals surface area contributed by atoms with Gasteiger partial charge in [-0.2, -0.15) is 0 Å². The van der Waals surface area contributed by atoms with Crippen molar-refractivity contribution in [1.82, 2.24) is 4.90 Å². The van der Waals surface area contributed by atoms with Crippen LogP contribution in [0.1, 0.15) is 29.5 Å². The Labute approximate surface area is 155 Å². The zero-order valence-electron chi connectivity index (χ0n) is 14.9. The number of carbonyl (C=O) groups excluding carboxylic acids is 1. The summed E-state index contributed by atoms with van der Waals surface area (Å²) < 4.78 is 0. The number of piperidine rings is 1. The highest BCUT2D eigenvalue weighted by Crippen LogP contribution is 2.22. The van der Waals surface area contributed by atoms with Gasteiger partial charge in [-0.05, 0) is 74.2 Å². The van der Waals surface area contributed by atoms with E-state index in [0.29, 0.717) is 0 Å². The normalized spacial score (nSPS) is 18.1. The minimum Gasteiger partial charge on any atom is -0.326 e. The number of aryl methyl sites for hydroxylation is 2. The van der Waals surface area contributed by atoms with Gasteiger partial charge in [-0.25, -0.2) is 0 Å². The van der Waals surface area contributed by atoms with Crippen molar-refractivity contribution in [3.05, 3.63) is 64.2 Å². The van der Waals surface area contributed by atoms with E-state index < -0.39 is 0 Å². The van der Waals surface area contributed by atoms with Crippen molar-refractivity contribution in [3.8, 4) is 0 Å². The van der Waals surface area contributed by atoms with Crippen LogP contribution in [0.3, 0.4) is 0 Å². The van der Waals surface area contributed by atoms with Crippen molar-refractivity contribution in [2.75, 3.05) is 18.4 Å². The van der Waals surface area contributed by atoms with Gasteiger partial charge in [0.15, 0.2) is 0 Å². The van der Waals surface area contributed by atoms with Gasteiger partial charge in [0.25, 0.3) is 0 Å². The largest absolute Gasteiger partial charge is 0.326 e. The van der Waals surface area contributed by atoms with E-state index in [1.165, 1.54) is 16.7 Å². The maximum absolute atomic E-state index is 12.7. The molecule has 2 aromatic carbocycles. The van der Waals surface area contributed by atoms with Crippen molar-refractivity contribution in [1.29, 1.82) is 0 Å². The number of likely N-dealkylation sites (tertiary alicyclic amines) is 1. The van der Waals surface area contributed by atoms with Crippen LogP contribution in [0, 0.1) is 19.8 Å². The molecule has 1 aliphatic rings. The summed E-state index contributed by atoms with van der Waals surface area (Å²) in [4.78, 5) is 15.0. The average Bonchev–Trinajstić information content (AvgIpc) is 2.56. The van der Waals surface area contributed by atoms with Gasteiger partial charge in [0.2, 0.25) is 5.91 Å². The minimum absolute atomic E-state index is 0.0434. The molecule has 1 amide bonds. The number of nitrogens with zero attached hydrogens (tertiary/aromatic N) is 1. The highest BCUT2D eigenvalue weighted by molar-refractivity contribution is 6.30. The predicted octanol–water partition coefficient (Wildman–Crippen LogP) is 4.81. The van der Waals surface area contributed by atoms with Gasteiger partial charge in [-0.1, -0.05) is 29.8 Å². The number of anilines is 1. The second-order valence-electron chi connectivity index (χ2n) is 7.07. The lowest BCUT2D eigenvalue weighted by Gasteiger charge is -2.32. The molecule has 1 aliphatic heterocycles. The lowest BCUT2D eigenvalue weighted by atomic mass is 9.96. The molecular weight excluding hydrogens is 332 g/mol. The molecule has 1 atom stereocenters. The topological polar surface area (TPSA) is 32.3 Å². The van der Waals surface area contributed by atoms with Crippen molar-refractivity contribution in [2.45, 2.75) is 33.2 Å². The molecule has 1 fully saturated rings. The first-order valence-corrected chi connectivity index (χ1v) is 9.23. The molecule has 25 heavy (non-hydrogen) atoms. The van der Waals surface area contributed by atoms with Gasteiger partial charge < -0.3 is 5.32 Å². The molecule has 0 aliphatic carbocycles. The Hall–Kier alpha value is -1.84. The van der Waals surface area contributed by atoms with E-state index in [1.807, 2.05) is 24.3 Å². The number of benzene rings is 2. The SMILES string of the molecule is Cc1cc(C)cc(NC(=O)[C@H]2CCCN(Cc3ccc(Cl)cc3)C2)c1. The summed E-state index contributed by atoms with van der Waals surface area (Å²) in [6.45, 7) is 6.81. The first-order chi connectivity index (χ1) is 12.0. The summed E-state index contributed by atoms with van der Waals surface area (Å²) in [7, 11) is 0. The van der Waals surface area contributed by atoms with Crippen LogP contribution in [0.4, 0.5) is 5.69 Å². The smallest absolute Gasteiger partial charge is 0.228 e. The van der Waals surface area contributed by atoms with Crippen LogP contribution in [0.2, 0.25) is 5.02 Å². The summed E-state index contributed by atoms with van der Waals surface area (Å²) in [6, 6.07) is 14.1. The highest BCUT2D eigenvalue weighted by atomic mass is 35.5. The van der Waals surface area contributed by atoms with Gasteiger partial charge in [0, 0.05) is 23.8 Å². The number of rotatable bonds is 4. The van der Waals surface area contributed by atoms with Gasteiger partial charge in [-0.3, -0.25) is 9.69 Å². The molecule has 4 heteroatoms. The van der Waals surface area contributed by atoms with E-state index in [9.17, 15) is 4.79 Å². The number of nitrogens with one attached hydrogen (secondary N) is 1. The van der Waals surface area contributed by atoms with Gasteiger partial charge >= 0.3 is 0 Å². The van der Waals surface area contributed by atoms with E-state index in [1.54, 1.807) is 0 Å². The van der Waals surface area contributed by atoms with Crippen molar-refractivity contribution in [3.63, 3.8) is 0 Å². The van der Waals surface area contributed by atoms with E-state index in [0.717, 1.165) is 43.2 Å². The number of amides is 1. The third-order valence-electron chi connectivity index (χ3n) is 4.68. The molecule has 1 saturated heterocycles. The van der Waals surface area contributed by atoms with E-state index in [4.69, 9.17) is 11.6 Å². The Morgan fingerprint density at radius 1 is 1.16 bits per heavy atom. The minimum atomic E-state index is 0.0434. The Kier molecular flexibility index (Phi) is 5.77. The summed E-state index contributed by atoms with van der Waals surface area (Å²) in [5.74, 6) is 0.174. The summed E-state index contributed by atoms with van der Waals surface area (Å²) in [5, 5.41) is 3.86. The zero-order chi connectivity index (χ0) is 17.8. The summed E-state index contributed by atoms with van der Waals surface area (Å²) in [6.07, 6.45) is 2.01. The lowest BCUT2D eigenvalue weighted by molar-refractivity contribution is -0.121. The molecule has 0 saturated carbocycles. The Balaban J connectivity index is 1.60. The Morgan fingerprint density at radius 3 is 2.52 bits per heavy atom. The molecule has 132 valence electrons. The van der Waals surface area contributed by atoms with Gasteiger partial charge in [0.1, 0.15) is 0 Å². The quantitative estimate of drug-likeness (QED) is 0.852. The van der Waals surface area contributed by atoms with Crippen LogP contribution in [0.25, 0.3) is 0 Å². The van der Waals surface area contributed by atoms with Crippen LogP contribution in [-0.2, 0) is 11.3 Å². The molecule has 1 N–H and O–H groups in total. The average molecular weight is 357 g/mol. The zero-order valence-corrected chi connectivity index (χ0v) is 15.6. The number of hydrogen-bond donors (Lipinski definition) is 1. The summed E-state index contributed by atoms with van der Waals surface area (Å²) in [5.41, 5.74) is 4.48. The second-order valence-corrected chi connectivity index (χ2v) is 7.50. The third kappa shape index (κ3) is 5.07. The van der Waals surface area contributed by atoms with E-state index in [2.05, 4.69) is 42.3 Å². The van der Waals surface area contributed by atoms with Crippen LogP contribution in [-0.4, -0.2) is 23.9 Å². The van der Waals surface area contributed by atoms with Gasteiger partial charge in [-0.15, -0.1) is 0 Å². The second kappa shape index (κ2) is 8.03. The number of hydrogen-bond acceptors (Lipinski definition) is 2. The van der Waals surface area contributed by atoms with E-state index in [-0.39, 0.29) is 11.8 Å². The van der Waals surface area contributed by atoms with Crippen LogP contribution in [0.5, 0.6) is 0 Å². The fraction of sp³-hybridized carbons (Fsp3) is 0.381. The first kappa shape index (κ1) is 18.0. The predicted molar refractivity (Wildman–Crippen MR) is 104 cm³/mol. The van der Waals surface area contributed by atoms with Crippen molar-refractivity contribution < 1.29 is 4.79 Å². The maximum atomic E-state index is 12.7. The molecule has 2 aromatic rings. The molecule has 0 bridgehead atoms. The number of halogens is 1. The number of carbonyl (C=O) groups is 1. The standard InChI is InChI=1S/C21H25ClN2O/c1-15-10-16(2)12-20(11-15)23-21(25)18-4-3-9-24(14-18)13-17-5-7-19(22)8-6-17/h5-8,10-12,18H,3-4,9,13-14H2,1-2H3,(H,23,25)/t18-/m0/s1. The molecule has 1 heterocycles. The van der Waals surface area contributed by atoms with Crippen molar-refractivity contribution in [2.24, 2.45) is 5.92 Å². The van der Waals surface area contributed by atoms with E-state index >= 15 is 0 Å². The molecule has 3 rings (SSSR count). The molecule has 0 unspecified atom stereocenters. The monoisotopic (exact) mass is 356 g/mol. The molecule has 0 radical (unpaired) electrons.